The first-order chi connectivity index (χ1) is 20.2. The number of hydrogen-bond acceptors (Lipinski definition) is 7. The van der Waals surface area contributed by atoms with Crippen molar-refractivity contribution in [3.05, 3.63) is 77.2 Å². The highest BCUT2D eigenvalue weighted by Crippen LogP contribution is 2.39. The van der Waals surface area contributed by atoms with Crippen molar-refractivity contribution < 1.29 is 19.4 Å². The van der Waals surface area contributed by atoms with Crippen LogP contribution in [0.3, 0.4) is 0 Å². The maximum Gasteiger partial charge on any atom is 0.521 e. The maximum atomic E-state index is 14.0. The molecule has 230 valence electrons. The van der Waals surface area contributed by atoms with E-state index in [1.165, 1.54) is 5.56 Å². The van der Waals surface area contributed by atoms with Crippen LogP contribution in [-0.4, -0.2) is 45.8 Å². The fourth-order valence-corrected chi connectivity index (χ4v) is 5.97. The highest BCUT2D eigenvalue weighted by atomic mass is 16.6. The lowest BCUT2D eigenvalue weighted by molar-refractivity contribution is 0.0194. The summed E-state index contributed by atoms with van der Waals surface area (Å²) in [6, 6.07) is 11.1. The molecule has 1 aliphatic heterocycles. The lowest BCUT2D eigenvalue weighted by atomic mass is 9.81. The maximum absolute atomic E-state index is 14.0. The van der Waals surface area contributed by atoms with Crippen LogP contribution in [0.2, 0.25) is 0 Å². The quantitative estimate of drug-likeness (QED) is 0.257. The number of ether oxygens (including phenoxy) is 1. The largest absolute Gasteiger partial charge is 0.521 e. The first-order valence-electron chi connectivity index (χ1n) is 15.0. The Bertz CT molecular complexity index is 1440. The van der Waals surface area contributed by atoms with Crippen LogP contribution >= 0.6 is 0 Å². The number of amides is 2. The van der Waals surface area contributed by atoms with Gasteiger partial charge in [0.15, 0.2) is 5.69 Å². The minimum atomic E-state index is -0.708. The number of phenols is 1. The average Bonchev–Trinajstić information content (AvgIpc) is 2.94. The van der Waals surface area contributed by atoms with Crippen LogP contribution in [0.1, 0.15) is 87.9 Å². The minimum Gasteiger partial charge on any atom is -0.508 e. The molecule has 2 amide bonds. The summed E-state index contributed by atoms with van der Waals surface area (Å²) >= 11 is 0. The van der Waals surface area contributed by atoms with Crippen LogP contribution in [0.4, 0.5) is 16.3 Å². The molecule has 1 aromatic carbocycles. The standard InChI is InChI=1S/C34H45N5O4/c1-33(2,3)27-10-9-26(40)21-25(27)8-7-23-14-19-39(20-15-23,32(42)43-34(4,5)6)28-13-18-37-31(29(28)30(35)41)38-22-24-11-16-36-17-12-24/h9-13,16-18,21,23H,7-8,14-15,19-20,22H2,1-6H3,(H3-,35,37,38,40,41)/p+1. The van der Waals surface area contributed by atoms with Crippen LogP contribution in [-0.2, 0) is 23.1 Å². The number of nitrogens with zero attached hydrogens (tertiary/aromatic N) is 3. The molecule has 3 aromatic rings. The van der Waals surface area contributed by atoms with Gasteiger partial charge in [0.1, 0.15) is 22.7 Å². The Balaban J connectivity index is 1.62. The number of pyridine rings is 2. The summed E-state index contributed by atoms with van der Waals surface area (Å²) in [6.07, 6.45) is 7.92. The third-order valence-corrected chi connectivity index (χ3v) is 8.15. The summed E-state index contributed by atoms with van der Waals surface area (Å²) in [4.78, 5) is 35.5. The van der Waals surface area contributed by atoms with Gasteiger partial charge in [-0.25, -0.2) is 4.98 Å². The number of nitrogens with two attached hydrogens (primary N) is 1. The zero-order valence-corrected chi connectivity index (χ0v) is 26.3. The van der Waals surface area contributed by atoms with Crippen molar-refractivity contribution in [1.82, 2.24) is 14.5 Å². The normalized spacial score (nSPS) is 19.1. The third-order valence-electron chi connectivity index (χ3n) is 8.15. The number of likely N-dealkylation sites (tertiary alicyclic amines) is 1. The van der Waals surface area contributed by atoms with E-state index in [2.05, 4.69) is 36.1 Å². The number of benzene rings is 1. The van der Waals surface area contributed by atoms with Crippen LogP contribution in [0, 0.1) is 5.92 Å². The first-order valence-corrected chi connectivity index (χ1v) is 15.0. The van der Waals surface area contributed by atoms with E-state index < -0.39 is 17.6 Å². The molecule has 0 radical (unpaired) electrons. The van der Waals surface area contributed by atoms with Gasteiger partial charge < -0.3 is 20.9 Å². The number of piperidine rings is 1. The number of aromatic hydroxyl groups is 1. The molecule has 0 bridgehead atoms. The van der Waals surface area contributed by atoms with E-state index >= 15 is 0 Å². The van der Waals surface area contributed by atoms with Crippen molar-refractivity contribution in [2.24, 2.45) is 11.7 Å². The van der Waals surface area contributed by atoms with E-state index in [0.717, 1.165) is 36.8 Å². The van der Waals surface area contributed by atoms with Gasteiger partial charge in [-0.05, 0) is 85.9 Å². The number of carbonyl (C=O) groups is 2. The molecule has 0 unspecified atom stereocenters. The van der Waals surface area contributed by atoms with E-state index in [9.17, 15) is 14.7 Å². The Kier molecular flexibility index (Phi) is 9.44. The molecule has 0 atom stereocenters. The summed E-state index contributed by atoms with van der Waals surface area (Å²) in [5.41, 5.74) is 9.29. The molecule has 9 nitrogen and oxygen atoms in total. The van der Waals surface area contributed by atoms with E-state index in [4.69, 9.17) is 10.5 Å². The number of quaternary nitrogens is 1. The Hall–Kier alpha value is -3.98. The summed E-state index contributed by atoms with van der Waals surface area (Å²) < 4.78 is 5.85. The predicted octanol–water partition coefficient (Wildman–Crippen LogP) is 6.48. The van der Waals surface area contributed by atoms with Gasteiger partial charge in [-0.1, -0.05) is 26.8 Å². The van der Waals surface area contributed by atoms with Gasteiger partial charge in [0, 0.05) is 44.0 Å². The van der Waals surface area contributed by atoms with Gasteiger partial charge >= 0.3 is 6.09 Å². The molecule has 4 rings (SSSR count). The zero-order chi connectivity index (χ0) is 31.4. The molecule has 1 fully saturated rings. The van der Waals surface area contributed by atoms with Crippen LogP contribution in [0.15, 0.2) is 55.0 Å². The molecule has 0 spiro atoms. The number of primary amides is 1. The number of aryl methyl sites for hydroxylation is 1. The van der Waals surface area contributed by atoms with E-state index in [1.807, 2.05) is 45.0 Å². The van der Waals surface area contributed by atoms with Crippen LogP contribution in [0.5, 0.6) is 5.75 Å². The summed E-state index contributed by atoms with van der Waals surface area (Å²) in [5, 5.41) is 13.4. The second kappa shape index (κ2) is 12.7. The topological polar surface area (TPSA) is 127 Å². The minimum absolute atomic E-state index is 0.0337. The lowest BCUT2D eigenvalue weighted by Crippen LogP contribution is -2.60. The molecule has 1 saturated heterocycles. The number of phenolic OH excluding ortho intramolecular Hbond substituents is 1. The highest BCUT2D eigenvalue weighted by Gasteiger charge is 2.48. The molecular weight excluding hydrogens is 542 g/mol. The summed E-state index contributed by atoms with van der Waals surface area (Å²) in [7, 11) is 0. The fourth-order valence-electron chi connectivity index (χ4n) is 5.97. The van der Waals surface area contributed by atoms with Crippen LogP contribution in [0.25, 0.3) is 0 Å². The first kappa shape index (κ1) is 31.9. The summed E-state index contributed by atoms with van der Waals surface area (Å²) in [5.74, 6) is 0.329. The van der Waals surface area contributed by atoms with Gasteiger partial charge in [-0.2, -0.15) is 9.28 Å². The molecule has 3 heterocycles. The number of anilines is 1. The monoisotopic (exact) mass is 588 g/mol. The number of aromatic nitrogens is 2. The summed E-state index contributed by atoms with van der Waals surface area (Å²) in [6.45, 7) is 13.4. The molecule has 2 aromatic heterocycles. The molecule has 43 heavy (non-hydrogen) atoms. The van der Waals surface area contributed by atoms with Crippen molar-refractivity contribution in [3.8, 4) is 5.75 Å². The van der Waals surface area contributed by atoms with Gasteiger partial charge in [-0.15, -0.1) is 0 Å². The van der Waals surface area contributed by atoms with E-state index in [0.29, 0.717) is 37.1 Å². The predicted molar refractivity (Wildman–Crippen MR) is 170 cm³/mol. The van der Waals surface area contributed by atoms with Gasteiger partial charge in [0.2, 0.25) is 0 Å². The Morgan fingerprint density at radius 3 is 2.30 bits per heavy atom. The Morgan fingerprint density at radius 1 is 1.02 bits per heavy atom. The Morgan fingerprint density at radius 2 is 1.70 bits per heavy atom. The van der Waals surface area contributed by atoms with E-state index in [1.54, 1.807) is 30.7 Å². The lowest BCUT2D eigenvalue weighted by Gasteiger charge is -2.41. The molecular formula is C34H46N5O4+. The molecule has 0 saturated carbocycles. The van der Waals surface area contributed by atoms with Crippen molar-refractivity contribution in [2.45, 2.75) is 84.8 Å². The van der Waals surface area contributed by atoms with Crippen molar-refractivity contribution in [2.75, 3.05) is 18.4 Å². The molecule has 4 N–H and O–H groups in total. The number of nitrogens with one attached hydrogen (secondary N) is 1. The average molecular weight is 589 g/mol. The second-order valence-electron chi connectivity index (χ2n) is 13.6. The van der Waals surface area contributed by atoms with Crippen LogP contribution < -0.4 is 15.5 Å². The number of hydrogen-bond donors (Lipinski definition) is 3. The van der Waals surface area contributed by atoms with Gasteiger partial charge in [-0.3, -0.25) is 9.78 Å². The Labute approximate surface area is 255 Å². The molecule has 9 heteroatoms. The smallest absolute Gasteiger partial charge is 0.508 e. The fraction of sp³-hybridized carbons (Fsp3) is 0.471. The molecule has 1 aliphatic rings. The SMILES string of the molecule is CC(C)(C)OC(=O)[N+]1(c2ccnc(NCc3ccncc3)c2C(N)=O)CCC(CCc2cc(O)ccc2C(C)(C)C)CC1. The number of rotatable bonds is 8. The van der Waals surface area contributed by atoms with Gasteiger partial charge in [0.05, 0.1) is 13.1 Å². The third kappa shape index (κ3) is 7.70. The molecule has 0 aliphatic carbocycles. The van der Waals surface area contributed by atoms with E-state index in [-0.39, 0.29) is 21.2 Å². The van der Waals surface area contributed by atoms with Gasteiger partial charge in [0.25, 0.3) is 5.91 Å². The van der Waals surface area contributed by atoms with Crippen molar-refractivity contribution >= 4 is 23.5 Å². The zero-order valence-electron chi connectivity index (χ0n) is 26.3. The highest BCUT2D eigenvalue weighted by molar-refractivity contribution is 6.05. The number of carbonyl (C=O) groups excluding carboxylic acids is 2. The second-order valence-corrected chi connectivity index (χ2v) is 13.6. The van der Waals surface area contributed by atoms with Crippen molar-refractivity contribution in [3.63, 3.8) is 0 Å². The van der Waals surface area contributed by atoms with Crippen molar-refractivity contribution in [1.29, 1.82) is 0 Å².